The van der Waals surface area contributed by atoms with Crippen molar-refractivity contribution in [1.29, 1.82) is 0 Å². The van der Waals surface area contributed by atoms with Gasteiger partial charge >= 0.3 is 0 Å². The zero-order valence-electron chi connectivity index (χ0n) is 13.1. The van der Waals surface area contributed by atoms with E-state index in [1.807, 2.05) is 7.05 Å². The number of pyridine rings is 1. The number of nitrogens with one attached hydrogen (secondary N) is 1. The van der Waals surface area contributed by atoms with E-state index in [9.17, 15) is 4.39 Å². The Balaban J connectivity index is 2.35. The molecule has 0 saturated carbocycles. The number of rotatable bonds is 9. The minimum atomic E-state index is -0.288. The minimum Gasteiger partial charge on any atom is -0.312 e. The highest BCUT2D eigenvalue weighted by atomic mass is 19.1. The van der Waals surface area contributed by atoms with Gasteiger partial charge in [0.2, 0.25) is 0 Å². The first-order valence-corrected chi connectivity index (χ1v) is 7.15. The molecule has 0 fully saturated rings. The van der Waals surface area contributed by atoms with Crippen molar-refractivity contribution in [3.8, 4) is 0 Å². The molecule has 0 aromatic carbocycles. The van der Waals surface area contributed by atoms with Crippen molar-refractivity contribution in [1.82, 2.24) is 20.1 Å². The molecule has 1 aromatic heterocycles. The van der Waals surface area contributed by atoms with Crippen molar-refractivity contribution in [2.24, 2.45) is 0 Å². The van der Waals surface area contributed by atoms with Crippen LogP contribution in [-0.2, 0) is 0 Å². The zero-order chi connectivity index (χ0) is 15.0. The molecule has 5 heteroatoms. The van der Waals surface area contributed by atoms with E-state index in [2.05, 4.69) is 41.2 Å². The summed E-state index contributed by atoms with van der Waals surface area (Å²) in [4.78, 5) is 8.68. The lowest BCUT2D eigenvalue weighted by Crippen LogP contribution is -2.28. The van der Waals surface area contributed by atoms with Crippen LogP contribution in [0.5, 0.6) is 0 Å². The molecule has 1 atom stereocenters. The van der Waals surface area contributed by atoms with Crippen LogP contribution >= 0.6 is 0 Å². The van der Waals surface area contributed by atoms with Gasteiger partial charge in [-0.15, -0.1) is 0 Å². The minimum absolute atomic E-state index is 0.173. The van der Waals surface area contributed by atoms with Gasteiger partial charge in [0.1, 0.15) is 5.82 Å². The highest BCUT2D eigenvalue weighted by Gasteiger charge is 2.11. The molecule has 20 heavy (non-hydrogen) atoms. The second kappa shape index (κ2) is 9.00. The molecule has 0 spiro atoms. The van der Waals surface area contributed by atoms with Crippen LogP contribution in [0.15, 0.2) is 18.3 Å². The van der Waals surface area contributed by atoms with Gasteiger partial charge in [-0.25, -0.2) is 4.39 Å². The summed E-state index contributed by atoms with van der Waals surface area (Å²) in [5.74, 6) is -0.288. The lowest BCUT2D eigenvalue weighted by molar-refractivity contribution is 0.285. The molecule has 0 saturated heterocycles. The first kappa shape index (κ1) is 17.0. The third-order valence-corrected chi connectivity index (χ3v) is 3.40. The SMILES string of the molecule is CNC(CCN(C)CCCN(C)C)c1ccc(F)cn1. The average Bonchev–Trinajstić information content (AvgIpc) is 2.41. The Morgan fingerprint density at radius 2 is 1.95 bits per heavy atom. The van der Waals surface area contributed by atoms with E-state index < -0.39 is 0 Å². The fourth-order valence-electron chi connectivity index (χ4n) is 2.15. The first-order chi connectivity index (χ1) is 9.52. The Hall–Kier alpha value is -1.04. The van der Waals surface area contributed by atoms with E-state index in [1.165, 1.54) is 18.7 Å². The maximum atomic E-state index is 12.9. The number of nitrogens with zero attached hydrogens (tertiary/aromatic N) is 3. The summed E-state index contributed by atoms with van der Waals surface area (Å²) in [5.41, 5.74) is 0.899. The van der Waals surface area contributed by atoms with Crippen molar-refractivity contribution in [3.63, 3.8) is 0 Å². The van der Waals surface area contributed by atoms with Gasteiger partial charge in [0, 0.05) is 0 Å². The third kappa shape index (κ3) is 6.41. The highest BCUT2D eigenvalue weighted by Crippen LogP contribution is 2.14. The predicted octanol–water partition coefficient (Wildman–Crippen LogP) is 1.75. The largest absolute Gasteiger partial charge is 0.312 e. The second-order valence-corrected chi connectivity index (χ2v) is 5.49. The van der Waals surface area contributed by atoms with Gasteiger partial charge in [-0.2, -0.15) is 0 Å². The molecule has 0 aliphatic rings. The summed E-state index contributed by atoms with van der Waals surface area (Å²) >= 11 is 0. The quantitative estimate of drug-likeness (QED) is 0.748. The normalized spacial score (nSPS) is 13.2. The van der Waals surface area contributed by atoms with E-state index in [0.717, 1.165) is 31.7 Å². The van der Waals surface area contributed by atoms with Crippen LogP contribution in [0.4, 0.5) is 4.39 Å². The van der Waals surface area contributed by atoms with Gasteiger partial charge in [0.15, 0.2) is 0 Å². The second-order valence-electron chi connectivity index (χ2n) is 5.49. The van der Waals surface area contributed by atoms with Crippen LogP contribution < -0.4 is 5.32 Å². The zero-order valence-corrected chi connectivity index (χ0v) is 13.1. The first-order valence-electron chi connectivity index (χ1n) is 7.15. The van der Waals surface area contributed by atoms with Crippen molar-refractivity contribution in [3.05, 3.63) is 29.8 Å². The molecule has 0 amide bonds. The lowest BCUT2D eigenvalue weighted by atomic mass is 10.1. The summed E-state index contributed by atoms with van der Waals surface area (Å²) in [7, 11) is 8.25. The topological polar surface area (TPSA) is 31.4 Å². The molecule has 114 valence electrons. The van der Waals surface area contributed by atoms with E-state index in [1.54, 1.807) is 6.07 Å². The summed E-state index contributed by atoms with van der Waals surface area (Å²) in [6.45, 7) is 3.20. The van der Waals surface area contributed by atoms with E-state index in [-0.39, 0.29) is 11.9 Å². The van der Waals surface area contributed by atoms with Crippen LogP contribution in [-0.4, -0.2) is 62.6 Å². The molecule has 0 bridgehead atoms. The Labute approximate surface area is 122 Å². The van der Waals surface area contributed by atoms with Crippen LogP contribution in [0, 0.1) is 5.82 Å². The average molecular weight is 282 g/mol. The molecule has 0 radical (unpaired) electrons. The highest BCUT2D eigenvalue weighted by molar-refractivity contribution is 5.09. The van der Waals surface area contributed by atoms with Crippen LogP contribution in [0.25, 0.3) is 0 Å². The molecular formula is C15H27FN4. The van der Waals surface area contributed by atoms with E-state index in [4.69, 9.17) is 0 Å². The number of aromatic nitrogens is 1. The predicted molar refractivity (Wildman–Crippen MR) is 81.3 cm³/mol. The summed E-state index contributed by atoms with van der Waals surface area (Å²) in [5, 5.41) is 3.25. The summed E-state index contributed by atoms with van der Waals surface area (Å²) in [6.07, 6.45) is 3.41. The number of hydrogen-bond donors (Lipinski definition) is 1. The number of halogens is 1. The van der Waals surface area contributed by atoms with Gasteiger partial charge in [0.25, 0.3) is 0 Å². The van der Waals surface area contributed by atoms with Gasteiger partial charge in [0.05, 0.1) is 17.9 Å². The van der Waals surface area contributed by atoms with Gasteiger partial charge < -0.3 is 15.1 Å². The summed E-state index contributed by atoms with van der Waals surface area (Å²) < 4.78 is 12.9. The lowest BCUT2D eigenvalue weighted by Gasteiger charge is -2.21. The monoisotopic (exact) mass is 282 g/mol. The van der Waals surface area contributed by atoms with Crippen molar-refractivity contribution >= 4 is 0 Å². The standard InChI is InChI=1S/C15H27FN4/c1-17-14(15-7-6-13(16)12-18-15)8-11-20(4)10-5-9-19(2)3/h6-7,12,14,17H,5,8-11H2,1-4H3. The van der Waals surface area contributed by atoms with Gasteiger partial charge in [-0.3, -0.25) is 4.98 Å². The smallest absolute Gasteiger partial charge is 0.141 e. The molecular weight excluding hydrogens is 255 g/mol. The van der Waals surface area contributed by atoms with Crippen LogP contribution in [0.2, 0.25) is 0 Å². The Morgan fingerprint density at radius 3 is 2.50 bits per heavy atom. The molecule has 1 unspecified atom stereocenters. The number of hydrogen-bond acceptors (Lipinski definition) is 4. The molecule has 0 aliphatic heterocycles. The molecule has 0 aliphatic carbocycles. The molecule has 1 aromatic rings. The Bertz CT molecular complexity index is 367. The van der Waals surface area contributed by atoms with Gasteiger partial charge in [-0.1, -0.05) is 0 Å². The summed E-state index contributed by atoms with van der Waals surface area (Å²) in [6, 6.07) is 3.39. The van der Waals surface area contributed by atoms with Crippen LogP contribution in [0.1, 0.15) is 24.6 Å². The maximum Gasteiger partial charge on any atom is 0.141 e. The van der Waals surface area contributed by atoms with E-state index in [0.29, 0.717) is 0 Å². The fourth-order valence-corrected chi connectivity index (χ4v) is 2.15. The fraction of sp³-hybridized carbons (Fsp3) is 0.667. The Kier molecular flexibility index (Phi) is 7.65. The third-order valence-electron chi connectivity index (χ3n) is 3.40. The van der Waals surface area contributed by atoms with Gasteiger partial charge in [-0.05, 0) is 72.8 Å². The Morgan fingerprint density at radius 1 is 1.20 bits per heavy atom. The molecule has 4 nitrogen and oxygen atoms in total. The van der Waals surface area contributed by atoms with Crippen molar-refractivity contribution in [2.45, 2.75) is 18.9 Å². The van der Waals surface area contributed by atoms with Crippen molar-refractivity contribution in [2.75, 3.05) is 47.8 Å². The maximum absolute atomic E-state index is 12.9. The molecule has 1 heterocycles. The van der Waals surface area contributed by atoms with Crippen molar-refractivity contribution < 1.29 is 4.39 Å². The van der Waals surface area contributed by atoms with Crippen LogP contribution in [0.3, 0.4) is 0 Å². The van der Waals surface area contributed by atoms with E-state index >= 15 is 0 Å². The molecule has 1 rings (SSSR count). The molecule has 1 N–H and O–H groups in total.